The molecular formula is C13H9ClN4O5S. The molecule has 0 fully saturated rings. The zero-order valence-electron chi connectivity index (χ0n) is 11.8. The maximum Gasteiger partial charge on any atom is 0.335 e. The van der Waals surface area contributed by atoms with Gasteiger partial charge in [-0.15, -0.1) is 0 Å². The van der Waals surface area contributed by atoms with Gasteiger partial charge < -0.3 is 0 Å². The molecule has 124 valence electrons. The fourth-order valence-corrected chi connectivity index (χ4v) is 3.06. The van der Waals surface area contributed by atoms with Crippen LogP contribution in [0.15, 0.2) is 35.2 Å². The highest BCUT2D eigenvalue weighted by Crippen LogP contribution is 2.20. The van der Waals surface area contributed by atoms with E-state index in [2.05, 4.69) is 9.97 Å². The van der Waals surface area contributed by atoms with Crippen LogP contribution in [0.1, 0.15) is 21.0 Å². The minimum Gasteiger partial charge on any atom is -0.296 e. The number of urea groups is 1. The molecule has 1 aromatic carbocycles. The third kappa shape index (κ3) is 4.12. The number of hydrogen-bond donors (Lipinski definition) is 2. The summed E-state index contributed by atoms with van der Waals surface area (Å²) in [6.07, 6.45) is 0.691. The summed E-state index contributed by atoms with van der Waals surface area (Å²) in [6.45, 7) is 0. The Hall–Kier alpha value is -2.85. The molecule has 1 heterocycles. The summed E-state index contributed by atoms with van der Waals surface area (Å²) in [7, 11) is -4.23. The van der Waals surface area contributed by atoms with Crippen LogP contribution >= 0.6 is 11.6 Å². The molecule has 11 heteroatoms. The van der Waals surface area contributed by atoms with Crippen molar-refractivity contribution in [1.82, 2.24) is 14.7 Å². The van der Waals surface area contributed by atoms with Gasteiger partial charge >= 0.3 is 6.03 Å². The largest absolute Gasteiger partial charge is 0.335 e. The van der Waals surface area contributed by atoms with E-state index in [1.165, 1.54) is 24.3 Å². The Kier molecular flexibility index (Phi) is 5.21. The highest BCUT2D eigenvalue weighted by molar-refractivity contribution is 7.90. The van der Waals surface area contributed by atoms with E-state index in [1.54, 1.807) is 4.72 Å². The van der Waals surface area contributed by atoms with Gasteiger partial charge in [0.1, 0.15) is 16.3 Å². The third-order valence-electron chi connectivity index (χ3n) is 2.59. The Morgan fingerprint density at radius 2 is 1.67 bits per heavy atom. The number of carbonyl (C=O) groups is 3. The number of amides is 2. The number of aldehydes is 2. The van der Waals surface area contributed by atoms with Gasteiger partial charge in [0.2, 0.25) is 5.95 Å². The molecule has 2 rings (SSSR count). The molecule has 0 atom stereocenters. The maximum atomic E-state index is 12.1. The molecule has 2 N–H and O–H groups in total. The van der Waals surface area contributed by atoms with Gasteiger partial charge in [-0.05, 0) is 18.2 Å². The van der Waals surface area contributed by atoms with Crippen LogP contribution in [0.4, 0.5) is 10.7 Å². The van der Waals surface area contributed by atoms with Crippen LogP contribution < -0.4 is 10.0 Å². The van der Waals surface area contributed by atoms with E-state index in [1.807, 2.05) is 5.32 Å². The highest BCUT2D eigenvalue weighted by Gasteiger charge is 2.21. The van der Waals surface area contributed by atoms with Crippen molar-refractivity contribution in [3.8, 4) is 0 Å². The topological polar surface area (TPSA) is 135 Å². The second-order valence-electron chi connectivity index (χ2n) is 4.27. The van der Waals surface area contributed by atoms with Crippen molar-refractivity contribution >= 4 is 46.2 Å². The van der Waals surface area contributed by atoms with Gasteiger partial charge in [-0.1, -0.05) is 23.7 Å². The number of aromatic nitrogens is 2. The Morgan fingerprint density at radius 3 is 2.21 bits per heavy atom. The lowest BCUT2D eigenvalue weighted by Crippen LogP contribution is -2.35. The van der Waals surface area contributed by atoms with Crippen LogP contribution in [-0.4, -0.2) is 37.0 Å². The number of sulfonamides is 1. The average Bonchev–Trinajstić information content (AvgIpc) is 2.53. The van der Waals surface area contributed by atoms with Crippen LogP contribution in [0, 0.1) is 0 Å². The maximum absolute atomic E-state index is 12.1. The first kappa shape index (κ1) is 17.5. The molecule has 0 spiro atoms. The SMILES string of the molecule is O=Cc1cc(C=O)nc(NC(=O)NS(=O)(=O)c2ccccc2Cl)n1. The van der Waals surface area contributed by atoms with Crippen LogP contribution in [0.3, 0.4) is 0 Å². The van der Waals surface area contributed by atoms with E-state index in [0.717, 1.165) is 6.07 Å². The molecule has 0 saturated carbocycles. The predicted molar refractivity (Wildman–Crippen MR) is 83.6 cm³/mol. The van der Waals surface area contributed by atoms with Crippen molar-refractivity contribution in [1.29, 1.82) is 0 Å². The Bertz CT molecular complexity index is 890. The van der Waals surface area contributed by atoms with Crippen LogP contribution in [0.5, 0.6) is 0 Å². The Labute approximate surface area is 141 Å². The first-order valence-electron chi connectivity index (χ1n) is 6.23. The quantitative estimate of drug-likeness (QED) is 0.758. The van der Waals surface area contributed by atoms with Gasteiger partial charge in [-0.25, -0.2) is 27.9 Å². The number of benzene rings is 1. The number of rotatable bonds is 5. The molecule has 0 aliphatic heterocycles. The van der Waals surface area contributed by atoms with Gasteiger partial charge in [-0.3, -0.25) is 14.9 Å². The minimum atomic E-state index is -4.23. The zero-order chi connectivity index (χ0) is 17.7. The van der Waals surface area contributed by atoms with Crippen molar-refractivity contribution in [3.05, 3.63) is 46.7 Å². The minimum absolute atomic E-state index is 0.0692. The lowest BCUT2D eigenvalue weighted by Gasteiger charge is -2.09. The van der Waals surface area contributed by atoms with E-state index in [4.69, 9.17) is 11.6 Å². The van der Waals surface area contributed by atoms with E-state index < -0.39 is 22.0 Å². The summed E-state index contributed by atoms with van der Waals surface area (Å²) in [4.78, 5) is 40.2. The number of halogens is 1. The standard InChI is InChI=1S/C13H9ClN4O5S/c14-10-3-1-2-4-11(10)24(22,23)18-13(21)17-12-15-8(6-19)5-9(7-20)16-12/h1-7H,(H2,15,16,17,18,21). The van der Waals surface area contributed by atoms with Crippen LogP contribution in [0.25, 0.3) is 0 Å². The lowest BCUT2D eigenvalue weighted by molar-refractivity contribution is 0.111. The molecule has 2 aromatic rings. The Balaban J connectivity index is 2.21. The normalized spacial score (nSPS) is 10.7. The molecule has 0 unspecified atom stereocenters. The fraction of sp³-hybridized carbons (Fsp3) is 0. The van der Waals surface area contributed by atoms with Gasteiger partial charge in [0, 0.05) is 0 Å². The molecule has 24 heavy (non-hydrogen) atoms. The van der Waals surface area contributed by atoms with E-state index in [0.29, 0.717) is 12.6 Å². The lowest BCUT2D eigenvalue weighted by atomic mass is 10.3. The van der Waals surface area contributed by atoms with Gasteiger partial charge in [0.25, 0.3) is 10.0 Å². The monoisotopic (exact) mass is 368 g/mol. The molecular weight excluding hydrogens is 360 g/mol. The summed E-state index contributed by atoms with van der Waals surface area (Å²) >= 11 is 5.78. The fourth-order valence-electron chi connectivity index (χ4n) is 1.63. The number of carbonyl (C=O) groups excluding carboxylic acids is 3. The number of nitrogens with one attached hydrogen (secondary N) is 2. The van der Waals surface area contributed by atoms with Crippen molar-refractivity contribution in [2.45, 2.75) is 4.90 Å². The molecule has 0 aliphatic rings. The van der Waals surface area contributed by atoms with Crippen LogP contribution in [-0.2, 0) is 10.0 Å². The molecule has 0 saturated heterocycles. The first-order valence-corrected chi connectivity index (χ1v) is 8.09. The molecule has 0 radical (unpaired) electrons. The summed E-state index contributed by atoms with van der Waals surface area (Å²) in [5.41, 5.74) is -0.312. The molecule has 0 bridgehead atoms. The van der Waals surface area contributed by atoms with E-state index in [-0.39, 0.29) is 21.3 Å². The molecule has 0 aliphatic carbocycles. The summed E-state index contributed by atoms with van der Waals surface area (Å²) in [6, 6.07) is 5.44. The summed E-state index contributed by atoms with van der Waals surface area (Å²) < 4.78 is 25.9. The van der Waals surface area contributed by atoms with Gasteiger partial charge in [-0.2, -0.15) is 0 Å². The number of anilines is 1. The second-order valence-corrected chi connectivity index (χ2v) is 6.33. The highest BCUT2D eigenvalue weighted by atomic mass is 35.5. The van der Waals surface area contributed by atoms with Crippen LogP contribution in [0.2, 0.25) is 5.02 Å². The van der Waals surface area contributed by atoms with Crippen molar-refractivity contribution < 1.29 is 22.8 Å². The zero-order valence-corrected chi connectivity index (χ0v) is 13.3. The van der Waals surface area contributed by atoms with Crippen molar-refractivity contribution in [3.63, 3.8) is 0 Å². The molecule has 1 aromatic heterocycles. The van der Waals surface area contributed by atoms with Crippen molar-refractivity contribution in [2.24, 2.45) is 0 Å². The summed E-state index contributed by atoms with van der Waals surface area (Å²) in [5.74, 6) is -0.409. The number of nitrogens with zero attached hydrogens (tertiary/aromatic N) is 2. The smallest absolute Gasteiger partial charge is 0.296 e. The van der Waals surface area contributed by atoms with E-state index in [9.17, 15) is 22.8 Å². The molecule has 9 nitrogen and oxygen atoms in total. The predicted octanol–water partition coefficient (Wildman–Crippen LogP) is 1.27. The first-order chi connectivity index (χ1) is 11.4. The number of hydrogen-bond acceptors (Lipinski definition) is 7. The van der Waals surface area contributed by atoms with Gasteiger partial charge in [0.05, 0.1) is 5.02 Å². The molecule has 2 amide bonds. The Morgan fingerprint density at radius 1 is 1.08 bits per heavy atom. The average molecular weight is 369 g/mol. The summed E-state index contributed by atoms with van der Waals surface area (Å²) in [5, 5.41) is 1.96. The second kappa shape index (κ2) is 7.15. The third-order valence-corrected chi connectivity index (χ3v) is 4.42. The van der Waals surface area contributed by atoms with Crippen molar-refractivity contribution in [2.75, 3.05) is 5.32 Å². The van der Waals surface area contributed by atoms with Gasteiger partial charge in [0.15, 0.2) is 12.6 Å². The van der Waals surface area contributed by atoms with E-state index >= 15 is 0 Å².